The Morgan fingerprint density at radius 1 is 0.950 bits per heavy atom. The molecular formula is C18H18O2. The predicted octanol–water partition coefficient (Wildman–Crippen LogP) is 4.32. The Bertz CT molecular complexity index is 568. The van der Waals surface area contributed by atoms with Crippen LogP contribution in [0.15, 0.2) is 66.7 Å². The average molecular weight is 266 g/mol. The summed E-state index contributed by atoms with van der Waals surface area (Å²) in [4.78, 5) is 10.3. The molecule has 2 aromatic carbocycles. The van der Waals surface area contributed by atoms with Crippen LogP contribution in [-0.2, 0) is 11.2 Å². The van der Waals surface area contributed by atoms with Crippen molar-refractivity contribution in [2.24, 2.45) is 0 Å². The third kappa shape index (κ3) is 4.39. The van der Waals surface area contributed by atoms with Gasteiger partial charge in [-0.25, -0.2) is 4.79 Å². The maximum absolute atomic E-state index is 10.3. The Kier molecular flexibility index (Phi) is 5.13. The third-order valence-electron chi connectivity index (χ3n) is 3.16. The van der Waals surface area contributed by atoms with Crippen LogP contribution < -0.4 is 0 Å². The molecule has 0 saturated heterocycles. The third-order valence-corrected chi connectivity index (χ3v) is 3.16. The minimum atomic E-state index is -0.878. The van der Waals surface area contributed by atoms with Crippen LogP contribution in [0, 0.1) is 0 Å². The van der Waals surface area contributed by atoms with Crippen molar-refractivity contribution < 1.29 is 9.90 Å². The molecule has 0 unspecified atom stereocenters. The van der Waals surface area contributed by atoms with Gasteiger partial charge in [-0.15, -0.1) is 0 Å². The molecule has 0 fully saturated rings. The zero-order valence-corrected chi connectivity index (χ0v) is 11.3. The van der Waals surface area contributed by atoms with Crippen LogP contribution in [0.3, 0.4) is 0 Å². The smallest absolute Gasteiger partial charge is 0.327 e. The average Bonchev–Trinajstić information content (AvgIpc) is 2.48. The monoisotopic (exact) mass is 266 g/mol. The Morgan fingerprint density at radius 2 is 1.60 bits per heavy atom. The van der Waals surface area contributed by atoms with E-state index in [4.69, 9.17) is 5.11 Å². The first-order chi connectivity index (χ1) is 9.75. The second kappa shape index (κ2) is 7.29. The summed E-state index contributed by atoms with van der Waals surface area (Å²) in [5.74, 6) is -0.878. The lowest BCUT2D eigenvalue weighted by Crippen LogP contribution is -1.87. The molecule has 2 nitrogen and oxygen atoms in total. The number of carboxylic acids is 1. The van der Waals surface area contributed by atoms with E-state index in [-0.39, 0.29) is 0 Å². The summed E-state index contributed by atoms with van der Waals surface area (Å²) in [6.07, 6.45) is 5.65. The van der Waals surface area contributed by atoms with Gasteiger partial charge in [0.25, 0.3) is 0 Å². The van der Waals surface area contributed by atoms with Crippen molar-refractivity contribution in [1.29, 1.82) is 0 Å². The zero-order chi connectivity index (χ0) is 14.2. The normalized spacial score (nSPS) is 10.8. The van der Waals surface area contributed by atoms with Gasteiger partial charge in [-0.3, -0.25) is 0 Å². The van der Waals surface area contributed by atoms with Gasteiger partial charge in [0.2, 0.25) is 0 Å². The fourth-order valence-electron chi connectivity index (χ4n) is 2.10. The Balaban J connectivity index is 1.88. The minimum Gasteiger partial charge on any atom is -0.478 e. The summed E-state index contributed by atoms with van der Waals surface area (Å²) in [7, 11) is 0. The standard InChI is InChI=1S/C18H18O2/c19-18(20)10-6-1-3-7-15-11-13-17(14-12-15)16-8-4-2-5-9-16/h2,4-6,8-14H,1,3,7H2,(H,19,20). The van der Waals surface area contributed by atoms with E-state index in [1.807, 2.05) is 18.2 Å². The molecule has 102 valence electrons. The van der Waals surface area contributed by atoms with Gasteiger partial charge in [-0.2, -0.15) is 0 Å². The number of unbranched alkanes of at least 4 members (excludes halogenated alkanes) is 1. The molecule has 2 rings (SSSR count). The molecule has 0 radical (unpaired) electrons. The number of aryl methyl sites for hydroxylation is 1. The highest BCUT2D eigenvalue weighted by Crippen LogP contribution is 2.19. The molecule has 0 aliphatic heterocycles. The Hall–Kier alpha value is -2.35. The SMILES string of the molecule is O=C(O)C=CCCCc1ccc(-c2ccccc2)cc1. The van der Waals surface area contributed by atoms with Crippen molar-refractivity contribution in [3.63, 3.8) is 0 Å². The lowest BCUT2D eigenvalue weighted by Gasteiger charge is -2.04. The van der Waals surface area contributed by atoms with Crippen LogP contribution >= 0.6 is 0 Å². The second-order valence-corrected chi connectivity index (χ2v) is 4.70. The van der Waals surface area contributed by atoms with E-state index < -0.39 is 5.97 Å². The van der Waals surface area contributed by atoms with Crippen molar-refractivity contribution in [3.8, 4) is 11.1 Å². The number of rotatable bonds is 6. The summed E-state index contributed by atoms with van der Waals surface area (Å²) in [5.41, 5.74) is 3.73. The van der Waals surface area contributed by atoms with Crippen LogP contribution in [0.2, 0.25) is 0 Å². The summed E-state index contributed by atoms with van der Waals surface area (Å²) < 4.78 is 0. The lowest BCUT2D eigenvalue weighted by molar-refractivity contribution is -0.131. The van der Waals surface area contributed by atoms with Crippen LogP contribution in [0.5, 0.6) is 0 Å². The Morgan fingerprint density at radius 3 is 2.25 bits per heavy atom. The second-order valence-electron chi connectivity index (χ2n) is 4.70. The fraction of sp³-hybridized carbons (Fsp3) is 0.167. The van der Waals surface area contributed by atoms with E-state index in [0.29, 0.717) is 0 Å². The number of aliphatic carboxylic acids is 1. The fourth-order valence-corrected chi connectivity index (χ4v) is 2.10. The zero-order valence-electron chi connectivity index (χ0n) is 11.3. The molecule has 0 aliphatic rings. The highest BCUT2D eigenvalue weighted by atomic mass is 16.4. The van der Waals surface area contributed by atoms with Gasteiger partial charge >= 0.3 is 5.97 Å². The summed E-state index contributed by atoms with van der Waals surface area (Å²) >= 11 is 0. The number of hydrogen-bond acceptors (Lipinski definition) is 1. The molecule has 2 heteroatoms. The topological polar surface area (TPSA) is 37.3 Å². The first kappa shape index (κ1) is 14.1. The predicted molar refractivity (Wildman–Crippen MR) is 81.6 cm³/mol. The summed E-state index contributed by atoms with van der Waals surface area (Å²) in [6.45, 7) is 0. The van der Waals surface area contributed by atoms with Gasteiger partial charge in [-0.05, 0) is 36.0 Å². The number of carbonyl (C=O) groups is 1. The number of benzene rings is 2. The molecule has 0 spiro atoms. The van der Waals surface area contributed by atoms with Crippen LogP contribution in [0.4, 0.5) is 0 Å². The molecule has 1 N–H and O–H groups in total. The molecule has 2 aromatic rings. The van der Waals surface area contributed by atoms with Gasteiger partial charge < -0.3 is 5.11 Å². The molecule has 0 amide bonds. The largest absolute Gasteiger partial charge is 0.478 e. The molecule has 20 heavy (non-hydrogen) atoms. The van der Waals surface area contributed by atoms with E-state index in [2.05, 4.69) is 36.4 Å². The van der Waals surface area contributed by atoms with Crippen molar-refractivity contribution in [1.82, 2.24) is 0 Å². The molecule has 0 heterocycles. The maximum Gasteiger partial charge on any atom is 0.327 e. The van der Waals surface area contributed by atoms with E-state index >= 15 is 0 Å². The van der Waals surface area contributed by atoms with E-state index in [1.54, 1.807) is 6.08 Å². The maximum atomic E-state index is 10.3. The summed E-state index contributed by atoms with van der Waals surface area (Å²) in [5, 5.41) is 8.48. The molecule has 0 bridgehead atoms. The van der Waals surface area contributed by atoms with Crippen LogP contribution in [0.1, 0.15) is 18.4 Å². The number of allylic oxidation sites excluding steroid dienone is 1. The minimum absolute atomic E-state index is 0.798. The first-order valence-corrected chi connectivity index (χ1v) is 6.79. The lowest BCUT2D eigenvalue weighted by atomic mass is 10.0. The Labute approximate surface area is 119 Å². The highest BCUT2D eigenvalue weighted by molar-refractivity contribution is 5.79. The van der Waals surface area contributed by atoms with Gasteiger partial charge in [0.1, 0.15) is 0 Å². The molecule has 0 aliphatic carbocycles. The van der Waals surface area contributed by atoms with Crippen molar-refractivity contribution in [2.75, 3.05) is 0 Å². The van der Waals surface area contributed by atoms with Gasteiger partial charge in [0.15, 0.2) is 0 Å². The van der Waals surface area contributed by atoms with Crippen LogP contribution in [-0.4, -0.2) is 11.1 Å². The highest BCUT2D eigenvalue weighted by Gasteiger charge is 1.97. The van der Waals surface area contributed by atoms with Crippen LogP contribution in [0.25, 0.3) is 11.1 Å². The molecule has 0 aromatic heterocycles. The first-order valence-electron chi connectivity index (χ1n) is 6.79. The molecule has 0 atom stereocenters. The number of hydrogen-bond donors (Lipinski definition) is 1. The van der Waals surface area contributed by atoms with Crippen molar-refractivity contribution in [3.05, 3.63) is 72.3 Å². The number of carboxylic acid groups (broad SMARTS) is 1. The van der Waals surface area contributed by atoms with Crippen molar-refractivity contribution in [2.45, 2.75) is 19.3 Å². The van der Waals surface area contributed by atoms with Crippen molar-refractivity contribution >= 4 is 5.97 Å². The molecule has 0 saturated carbocycles. The van der Waals surface area contributed by atoms with Gasteiger partial charge in [-0.1, -0.05) is 60.7 Å². The molecular weight excluding hydrogens is 248 g/mol. The summed E-state index contributed by atoms with van der Waals surface area (Å²) in [6, 6.07) is 18.9. The quantitative estimate of drug-likeness (QED) is 0.624. The van der Waals surface area contributed by atoms with E-state index in [1.165, 1.54) is 22.8 Å². The van der Waals surface area contributed by atoms with E-state index in [0.717, 1.165) is 19.3 Å². The van der Waals surface area contributed by atoms with Gasteiger partial charge in [0, 0.05) is 6.08 Å². The van der Waals surface area contributed by atoms with E-state index in [9.17, 15) is 4.79 Å². The van der Waals surface area contributed by atoms with Gasteiger partial charge in [0.05, 0.1) is 0 Å².